The fourth-order valence-electron chi connectivity index (χ4n) is 2.43. The monoisotopic (exact) mass is 269 g/mol. The SMILES string of the molecule is CCCc1ccc(-c2ccc(CC=N)cc2)c(F)c1C. The van der Waals surface area contributed by atoms with Gasteiger partial charge in [0.1, 0.15) is 5.82 Å². The molecule has 0 amide bonds. The predicted molar refractivity (Wildman–Crippen MR) is 83.1 cm³/mol. The molecule has 0 spiro atoms. The highest BCUT2D eigenvalue weighted by atomic mass is 19.1. The van der Waals surface area contributed by atoms with Gasteiger partial charge in [-0.25, -0.2) is 4.39 Å². The number of rotatable bonds is 5. The molecule has 0 bridgehead atoms. The molecule has 2 rings (SSSR count). The molecule has 104 valence electrons. The van der Waals surface area contributed by atoms with Crippen LogP contribution in [-0.2, 0) is 12.8 Å². The van der Waals surface area contributed by atoms with Gasteiger partial charge >= 0.3 is 0 Å². The van der Waals surface area contributed by atoms with Crippen molar-refractivity contribution in [2.45, 2.75) is 33.1 Å². The maximum absolute atomic E-state index is 14.5. The van der Waals surface area contributed by atoms with Crippen LogP contribution in [0.3, 0.4) is 0 Å². The largest absolute Gasteiger partial charge is 0.313 e. The summed E-state index contributed by atoms with van der Waals surface area (Å²) < 4.78 is 14.5. The quantitative estimate of drug-likeness (QED) is 0.743. The highest BCUT2D eigenvalue weighted by Gasteiger charge is 2.10. The van der Waals surface area contributed by atoms with Crippen molar-refractivity contribution in [3.8, 4) is 11.1 Å². The molecule has 0 aliphatic rings. The molecule has 0 atom stereocenters. The van der Waals surface area contributed by atoms with Crippen LogP contribution in [-0.4, -0.2) is 6.21 Å². The van der Waals surface area contributed by atoms with Crippen molar-refractivity contribution in [2.24, 2.45) is 0 Å². The lowest BCUT2D eigenvalue weighted by Gasteiger charge is -2.11. The molecule has 0 unspecified atom stereocenters. The van der Waals surface area contributed by atoms with E-state index in [9.17, 15) is 4.39 Å². The molecule has 1 nitrogen and oxygen atoms in total. The van der Waals surface area contributed by atoms with E-state index in [-0.39, 0.29) is 5.82 Å². The number of aryl methyl sites for hydroxylation is 1. The first-order valence-corrected chi connectivity index (χ1v) is 7.03. The first kappa shape index (κ1) is 14.4. The number of hydrogen-bond acceptors (Lipinski definition) is 1. The molecule has 20 heavy (non-hydrogen) atoms. The number of benzene rings is 2. The van der Waals surface area contributed by atoms with Gasteiger partial charge < -0.3 is 5.41 Å². The standard InChI is InChI=1S/C18H20FN/c1-3-4-15-9-10-17(18(19)13(15)2)16-7-5-14(6-8-16)11-12-20/h5-10,12,20H,3-4,11H2,1-2H3. The molecular weight excluding hydrogens is 249 g/mol. The zero-order valence-electron chi connectivity index (χ0n) is 12.0. The third-order valence-electron chi connectivity index (χ3n) is 3.62. The molecule has 0 saturated heterocycles. The Morgan fingerprint density at radius 2 is 1.80 bits per heavy atom. The van der Waals surface area contributed by atoms with E-state index in [0.29, 0.717) is 12.0 Å². The summed E-state index contributed by atoms with van der Waals surface area (Å²) in [7, 11) is 0. The molecule has 0 heterocycles. The topological polar surface area (TPSA) is 23.9 Å². The van der Waals surface area contributed by atoms with Gasteiger partial charge in [-0.1, -0.05) is 49.7 Å². The van der Waals surface area contributed by atoms with Crippen molar-refractivity contribution in [1.82, 2.24) is 0 Å². The maximum atomic E-state index is 14.5. The predicted octanol–water partition coefficient (Wildman–Crippen LogP) is 4.95. The minimum atomic E-state index is -0.115. The van der Waals surface area contributed by atoms with Gasteiger partial charge in [-0.15, -0.1) is 0 Å². The molecule has 2 aromatic carbocycles. The Balaban J connectivity index is 2.37. The summed E-state index contributed by atoms with van der Waals surface area (Å²) in [5.41, 5.74) is 4.47. The van der Waals surface area contributed by atoms with E-state index in [4.69, 9.17) is 5.41 Å². The first-order valence-electron chi connectivity index (χ1n) is 7.03. The van der Waals surface area contributed by atoms with Crippen LogP contribution in [0, 0.1) is 18.2 Å². The second kappa shape index (κ2) is 6.47. The van der Waals surface area contributed by atoms with Crippen molar-refractivity contribution >= 4 is 6.21 Å². The Morgan fingerprint density at radius 3 is 2.40 bits per heavy atom. The molecule has 0 aliphatic heterocycles. The fourth-order valence-corrected chi connectivity index (χ4v) is 2.43. The Bertz CT molecular complexity index is 600. The molecular formula is C18H20FN. The summed E-state index contributed by atoms with van der Waals surface area (Å²) in [4.78, 5) is 0. The summed E-state index contributed by atoms with van der Waals surface area (Å²) in [5.74, 6) is -0.115. The summed E-state index contributed by atoms with van der Waals surface area (Å²) in [6, 6.07) is 11.7. The van der Waals surface area contributed by atoms with Crippen LogP contribution in [0.1, 0.15) is 30.0 Å². The van der Waals surface area contributed by atoms with Crippen LogP contribution in [0.15, 0.2) is 36.4 Å². The first-order chi connectivity index (χ1) is 9.67. The van der Waals surface area contributed by atoms with Crippen LogP contribution >= 0.6 is 0 Å². The average molecular weight is 269 g/mol. The minimum absolute atomic E-state index is 0.115. The molecule has 1 N–H and O–H groups in total. The van der Waals surface area contributed by atoms with Crippen molar-refractivity contribution in [2.75, 3.05) is 0 Å². The van der Waals surface area contributed by atoms with Crippen LogP contribution in [0.25, 0.3) is 11.1 Å². The third kappa shape index (κ3) is 2.96. The Labute approximate surface area is 120 Å². The zero-order chi connectivity index (χ0) is 14.5. The lowest BCUT2D eigenvalue weighted by atomic mass is 9.96. The minimum Gasteiger partial charge on any atom is -0.313 e. The summed E-state index contributed by atoms with van der Waals surface area (Å²) in [5, 5.41) is 7.10. The Morgan fingerprint density at radius 1 is 1.10 bits per heavy atom. The smallest absolute Gasteiger partial charge is 0.134 e. The van der Waals surface area contributed by atoms with Gasteiger partial charge in [0.15, 0.2) is 0 Å². The lowest BCUT2D eigenvalue weighted by Crippen LogP contribution is -1.96. The van der Waals surface area contributed by atoms with E-state index in [1.54, 1.807) is 0 Å². The zero-order valence-corrected chi connectivity index (χ0v) is 12.0. The highest BCUT2D eigenvalue weighted by molar-refractivity contribution is 5.67. The Hall–Kier alpha value is -1.96. The second-order valence-electron chi connectivity index (χ2n) is 5.07. The average Bonchev–Trinajstić information content (AvgIpc) is 2.46. The normalized spacial score (nSPS) is 10.6. The van der Waals surface area contributed by atoms with E-state index in [1.807, 2.05) is 43.3 Å². The number of hydrogen-bond donors (Lipinski definition) is 1. The Kier molecular flexibility index (Phi) is 4.67. The van der Waals surface area contributed by atoms with Crippen molar-refractivity contribution in [3.05, 3.63) is 58.9 Å². The summed E-state index contributed by atoms with van der Waals surface area (Å²) in [6.45, 7) is 3.96. The van der Waals surface area contributed by atoms with E-state index in [2.05, 4.69) is 6.92 Å². The summed E-state index contributed by atoms with van der Waals surface area (Å²) in [6.07, 6.45) is 3.94. The van der Waals surface area contributed by atoms with Gasteiger partial charge in [-0.05, 0) is 41.8 Å². The molecule has 2 aromatic rings. The van der Waals surface area contributed by atoms with Gasteiger partial charge in [0, 0.05) is 12.0 Å². The van der Waals surface area contributed by atoms with Crippen LogP contribution in [0.4, 0.5) is 4.39 Å². The lowest BCUT2D eigenvalue weighted by molar-refractivity contribution is 0.618. The molecule has 0 fully saturated rings. The van der Waals surface area contributed by atoms with Gasteiger partial charge in [-0.2, -0.15) is 0 Å². The number of halogens is 1. The molecule has 0 saturated carbocycles. The second-order valence-corrected chi connectivity index (χ2v) is 5.07. The van der Waals surface area contributed by atoms with Crippen molar-refractivity contribution in [3.63, 3.8) is 0 Å². The van der Waals surface area contributed by atoms with E-state index < -0.39 is 0 Å². The van der Waals surface area contributed by atoms with Crippen LogP contribution < -0.4 is 0 Å². The third-order valence-corrected chi connectivity index (χ3v) is 3.62. The molecule has 2 heteroatoms. The van der Waals surface area contributed by atoms with E-state index >= 15 is 0 Å². The number of nitrogens with one attached hydrogen (secondary N) is 1. The maximum Gasteiger partial charge on any atom is 0.134 e. The molecule has 0 aliphatic carbocycles. The van der Waals surface area contributed by atoms with Crippen LogP contribution in [0.5, 0.6) is 0 Å². The highest BCUT2D eigenvalue weighted by Crippen LogP contribution is 2.27. The summed E-state index contributed by atoms with van der Waals surface area (Å²) >= 11 is 0. The van der Waals surface area contributed by atoms with Crippen molar-refractivity contribution in [1.29, 1.82) is 5.41 Å². The van der Waals surface area contributed by atoms with Crippen LogP contribution in [0.2, 0.25) is 0 Å². The van der Waals surface area contributed by atoms with E-state index in [0.717, 1.165) is 35.1 Å². The van der Waals surface area contributed by atoms with Gasteiger partial charge in [0.25, 0.3) is 0 Å². The van der Waals surface area contributed by atoms with Gasteiger partial charge in [-0.3, -0.25) is 0 Å². The fraction of sp³-hybridized carbons (Fsp3) is 0.278. The van der Waals surface area contributed by atoms with Crippen molar-refractivity contribution < 1.29 is 4.39 Å². The van der Waals surface area contributed by atoms with Gasteiger partial charge in [0.05, 0.1) is 0 Å². The van der Waals surface area contributed by atoms with E-state index in [1.165, 1.54) is 6.21 Å². The van der Waals surface area contributed by atoms with Gasteiger partial charge in [0.2, 0.25) is 0 Å². The molecule has 0 radical (unpaired) electrons. The molecule has 0 aromatic heterocycles.